The summed E-state index contributed by atoms with van der Waals surface area (Å²) in [5, 5.41) is 0.691. The van der Waals surface area contributed by atoms with E-state index < -0.39 is 5.41 Å². The maximum Gasteiger partial charge on any atom is 0.229 e. The van der Waals surface area contributed by atoms with E-state index >= 15 is 0 Å². The van der Waals surface area contributed by atoms with E-state index in [4.69, 9.17) is 21.1 Å². The number of hydrogen-bond donors (Lipinski definition) is 0. The van der Waals surface area contributed by atoms with Crippen molar-refractivity contribution < 1.29 is 14.3 Å². The highest BCUT2D eigenvalue weighted by Gasteiger charge is 2.43. The molecule has 4 nitrogen and oxygen atoms in total. The van der Waals surface area contributed by atoms with Crippen molar-refractivity contribution in [1.82, 2.24) is 4.90 Å². The Bertz CT molecular complexity index is 880. The quantitative estimate of drug-likeness (QED) is 0.538. The molecule has 5 heteroatoms. The van der Waals surface area contributed by atoms with Gasteiger partial charge in [-0.2, -0.15) is 0 Å². The lowest BCUT2D eigenvalue weighted by atomic mass is 9.74. The molecule has 1 saturated heterocycles. The fraction of sp³-hybridized carbons (Fsp3) is 0.375. The van der Waals surface area contributed by atoms with E-state index in [1.165, 1.54) is 0 Å². The second-order valence-electron chi connectivity index (χ2n) is 7.77. The molecule has 0 aromatic heterocycles. The summed E-state index contributed by atoms with van der Waals surface area (Å²) in [6, 6.07) is 13.5. The van der Waals surface area contributed by atoms with Crippen LogP contribution in [0, 0.1) is 5.41 Å². The van der Waals surface area contributed by atoms with Gasteiger partial charge in [0.05, 0.1) is 25.7 Å². The summed E-state index contributed by atoms with van der Waals surface area (Å²) in [5.74, 6) is 1.57. The molecule has 0 radical (unpaired) electrons. The van der Waals surface area contributed by atoms with Crippen LogP contribution in [0.5, 0.6) is 11.5 Å². The van der Waals surface area contributed by atoms with Gasteiger partial charge in [0.2, 0.25) is 5.91 Å². The van der Waals surface area contributed by atoms with Crippen LogP contribution in [0.4, 0.5) is 0 Å². The molecule has 1 amide bonds. The van der Waals surface area contributed by atoms with Crippen LogP contribution in [-0.2, 0) is 11.3 Å². The van der Waals surface area contributed by atoms with Gasteiger partial charge in [0.25, 0.3) is 0 Å². The van der Waals surface area contributed by atoms with Crippen molar-refractivity contribution in [2.75, 3.05) is 14.2 Å². The maximum absolute atomic E-state index is 13.6. The number of rotatable bonds is 7. The molecule has 1 aliphatic heterocycles. The van der Waals surface area contributed by atoms with Crippen LogP contribution in [0.1, 0.15) is 43.4 Å². The largest absolute Gasteiger partial charge is 0.497 e. The number of amides is 1. The summed E-state index contributed by atoms with van der Waals surface area (Å²) in [7, 11) is 3.26. The second-order valence-corrected chi connectivity index (χ2v) is 8.21. The summed E-state index contributed by atoms with van der Waals surface area (Å²) in [5.41, 5.74) is 1.60. The first-order valence-electron chi connectivity index (χ1n) is 9.80. The molecule has 0 aliphatic carbocycles. The van der Waals surface area contributed by atoms with Crippen molar-refractivity contribution in [3.8, 4) is 11.5 Å². The molecule has 2 aromatic rings. The predicted octanol–water partition coefficient (Wildman–Crippen LogP) is 5.80. The summed E-state index contributed by atoms with van der Waals surface area (Å²) < 4.78 is 10.9. The van der Waals surface area contributed by atoms with Crippen LogP contribution in [-0.4, -0.2) is 25.0 Å². The number of benzene rings is 2. The third-order valence-corrected chi connectivity index (χ3v) is 6.06. The number of nitrogens with zero attached hydrogens (tertiary/aromatic N) is 1. The molecule has 1 fully saturated rings. The van der Waals surface area contributed by atoms with Crippen LogP contribution >= 0.6 is 11.6 Å². The summed E-state index contributed by atoms with van der Waals surface area (Å²) in [6.07, 6.45) is 4.21. The first kappa shape index (κ1) is 21.3. The molecule has 0 saturated carbocycles. The fourth-order valence-electron chi connectivity index (χ4n) is 4.09. The topological polar surface area (TPSA) is 38.8 Å². The number of carbonyl (C=O) groups excluding carboxylic acids is 1. The van der Waals surface area contributed by atoms with Gasteiger partial charge >= 0.3 is 0 Å². The Morgan fingerprint density at radius 1 is 1.21 bits per heavy atom. The fourth-order valence-corrected chi connectivity index (χ4v) is 4.22. The standard InChI is InChI=1S/C24H28ClNO3/c1-5-13-24(2)14-12-21(17-6-9-19(25)10-7-17)26(23(24)27)16-18-8-11-20(28-3)15-22(18)29-4/h5-11,15,21H,1,12-14,16H2,2-4H3. The van der Waals surface area contributed by atoms with Gasteiger partial charge in [0, 0.05) is 23.2 Å². The number of methoxy groups -OCH3 is 2. The molecule has 0 spiro atoms. The van der Waals surface area contributed by atoms with Gasteiger partial charge in [0.1, 0.15) is 11.5 Å². The minimum absolute atomic E-state index is 0.00975. The van der Waals surface area contributed by atoms with Gasteiger partial charge in [-0.3, -0.25) is 4.79 Å². The lowest BCUT2D eigenvalue weighted by molar-refractivity contribution is -0.150. The normalized spacial score (nSPS) is 21.7. The Kier molecular flexibility index (Phi) is 6.53. The van der Waals surface area contributed by atoms with E-state index in [1.807, 2.05) is 60.4 Å². The number of halogens is 1. The average molecular weight is 414 g/mol. The minimum Gasteiger partial charge on any atom is -0.497 e. The number of hydrogen-bond acceptors (Lipinski definition) is 3. The Hall–Kier alpha value is -2.46. The predicted molar refractivity (Wildman–Crippen MR) is 116 cm³/mol. The number of piperidine rings is 1. The van der Waals surface area contributed by atoms with Crippen molar-refractivity contribution in [2.45, 2.75) is 38.8 Å². The van der Waals surface area contributed by atoms with Crippen LogP contribution in [0.25, 0.3) is 0 Å². The molecule has 154 valence electrons. The third kappa shape index (κ3) is 4.43. The van der Waals surface area contributed by atoms with E-state index in [-0.39, 0.29) is 11.9 Å². The van der Waals surface area contributed by atoms with Crippen molar-refractivity contribution in [3.63, 3.8) is 0 Å². The Labute approximate surface area is 178 Å². The summed E-state index contributed by atoms with van der Waals surface area (Å²) in [4.78, 5) is 15.6. The SMILES string of the molecule is C=CCC1(C)CCC(c2ccc(Cl)cc2)N(Cc2ccc(OC)cc2OC)C1=O. The van der Waals surface area contributed by atoms with E-state index in [0.29, 0.717) is 23.7 Å². The van der Waals surface area contributed by atoms with Gasteiger partial charge in [-0.05, 0) is 49.1 Å². The Balaban J connectivity index is 1.99. The second kappa shape index (κ2) is 8.91. The molecule has 0 N–H and O–H groups in total. The first-order valence-corrected chi connectivity index (χ1v) is 10.2. The summed E-state index contributed by atoms with van der Waals surface area (Å²) >= 11 is 6.08. The molecular formula is C24H28ClNO3. The van der Waals surface area contributed by atoms with Crippen molar-refractivity contribution >= 4 is 17.5 Å². The van der Waals surface area contributed by atoms with Gasteiger partial charge in [0.15, 0.2) is 0 Å². The zero-order chi connectivity index (χ0) is 21.0. The highest BCUT2D eigenvalue weighted by molar-refractivity contribution is 6.30. The number of likely N-dealkylation sites (tertiary alicyclic amines) is 1. The van der Waals surface area contributed by atoms with Crippen LogP contribution in [0.15, 0.2) is 55.1 Å². The van der Waals surface area contributed by atoms with Gasteiger partial charge in [-0.1, -0.05) is 36.7 Å². The first-order chi connectivity index (χ1) is 13.9. The molecular weight excluding hydrogens is 386 g/mol. The molecule has 2 unspecified atom stereocenters. The highest BCUT2D eigenvalue weighted by atomic mass is 35.5. The summed E-state index contributed by atoms with van der Waals surface area (Å²) in [6.45, 7) is 6.36. The molecule has 29 heavy (non-hydrogen) atoms. The highest BCUT2D eigenvalue weighted by Crippen LogP contribution is 2.44. The van der Waals surface area contributed by atoms with Crippen molar-refractivity contribution in [2.24, 2.45) is 5.41 Å². The monoisotopic (exact) mass is 413 g/mol. The van der Waals surface area contributed by atoms with Crippen molar-refractivity contribution in [1.29, 1.82) is 0 Å². The number of allylic oxidation sites excluding steroid dienone is 1. The van der Waals surface area contributed by atoms with Crippen LogP contribution in [0.3, 0.4) is 0 Å². The van der Waals surface area contributed by atoms with E-state index in [2.05, 4.69) is 6.58 Å². The van der Waals surface area contributed by atoms with Gasteiger partial charge in [-0.25, -0.2) is 0 Å². The van der Waals surface area contributed by atoms with E-state index in [0.717, 1.165) is 29.7 Å². The van der Waals surface area contributed by atoms with Gasteiger partial charge < -0.3 is 14.4 Å². The molecule has 2 aromatic carbocycles. The molecule has 1 heterocycles. The smallest absolute Gasteiger partial charge is 0.229 e. The number of carbonyl (C=O) groups is 1. The zero-order valence-corrected chi connectivity index (χ0v) is 18.0. The van der Waals surface area contributed by atoms with Crippen LogP contribution in [0.2, 0.25) is 5.02 Å². The minimum atomic E-state index is -0.440. The molecule has 2 atom stereocenters. The lowest BCUT2D eigenvalue weighted by Gasteiger charge is -2.44. The van der Waals surface area contributed by atoms with E-state index in [9.17, 15) is 4.79 Å². The Morgan fingerprint density at radius 3 is 2.55 bits per heavy atom. The lowest BCUT2D eigenvalue weighted by Crippen LogP contribution is -2.48. The van der Waals surface area contributed by atoms with Crippen LogP contribution < -0.4 is 9.47 Å². The zero-order valence-electron chi connectivity index (χ0n) is 17.3. The molecule has 3 rings (SSSR count). The maximum atomic E-state index is 13.6. The van der Waals surface area contributed by atoms with Gasteiger partial charge in [-0.15, -0.1) is 6.58 Å². The molecule has 0 bridgehead atoms. The average Bonchev–Trinajstić information content (AvgIpc) is 2.73. The third-order valence-electron chi connectivity index (χ3n) is 5.81. The van der Waals surface area contributed by atoms with Crippen molar-refractivity contribution in [3.05, 3.63) is 71.3 Å². The Morgan fingerprint density at radius 2 is 1.93 bits per heavy atom. The molecule has 1 aliphatic rings. The van der Waals surface area contributed by atoms with E-state index in [1.54, 1.807) is 14.2 Å². The number of ether oxygens (including phenoxy) is 2.